The van der Waals surface area contributed by atoms with Crippen molar-refractivity contribution in [2.45, 2.75) is 44.4 Å². The third-order valence-electron chi connectivity index (χ3n) is 3.84. The number of halogens is 3. The van der Waals surface area contributed by atoms with Gasteiger partial charge in [0, 0.05) is 37.1 Å². The number of hydrogen-bond acceptors (Lipinski definition) is 3. The number of aromatic nitrogens is 4. The third kappa shape index (κ3) is 4.15. The second-order valence-electron chi connectivity index (χ2n) is 5.86. The Morgan fingerprint density at radius 2 is 2.17 bits per heavy atom. The number of rotatable bonds is 7. The number of alkyl halides is 3. The molecule has 1 saturated carbocycles. The van der Waals surface area contributed by atoms with Crippen LogP contribution in [0.15, 0.2) is 24.5 Å². The van der Waals surface area contributed by atoms with Crippen LogP contribution in [-0.4, -0.2) is 32.0 Å². The second-order valence-corrected chi connectivity index (χ2v) is 5.86. The maximum atomic E-state index is 12.8. The van der Waals surface area contributed by atoms with Crippen LogP contribution >= 0.6 is 0 Å². The molecular weight excluding hydrogens is 323 g/mol. The van der Waals surface area contributed by atoms with E-state index in [1.807, 2.05) is 12.3 Å². The Morgan fingerprint density at radius 1 is 1.38 bits per heavy atom. The smallest absolute Gasteiger partial charge is 0.354 e. The first-order valence-electron chi connectivity index (χ1n) is 7.82. The Morgan fingerprint density at radius 3 is 2.79 bits per heavy atom. The van der Waals surface area contributed by atoms with Crippen LogP contribution in [0.5, 0.6) is 0 Å². The minimum absolute atomic E-state index is 0.0845. The van der Waals surface area contributed by atoms with Crippen LogP contribution in [0.1, 0.15) is 36.6 Å². The van der Waals surface area contributed by atoms with E-state index in [0.717, 1.165) is 18.9 Å². The van der Waals surface area contributed by atoms with Crippen LogP contribution in [0.4, 0.5) is 13.2 Å². The van der Waals surface area contributed by atoms with Crippen molar-refractivity contribution < 1.29 is 18.0 Å². The van der Waals surface area contributed by atoms with Crippen LogP contribution in [-0.2, 0) is 24.1 Å². The fourth-order valence-electron chi connectivity index (χ4n) is 2.50. The predicted molar refractivity (Wildman–Crippen MR) is 79.1 cm³/mol. The Labute approximate surface area is 136 Å². The summed E-state index contributed by atoms with van der Waals surface area (Å²) in [6.45, 7) is 0.912. The van der Waals surface area contributed by atoms with Gasteiger partial charge in [-0.1, -0.05) is 0 Å². The van der Waals surface area contributed by atoms with E-state index in [9.17, 15) is 18.0 Å². The second kappa shape index (κ2) is 6.66. The molecule has 1 aliphatic carbocycles. The topological polar surface area (TPSA) is 64.7 Å². The van der Waals surface area contributed by atoms with Gasteiger partial charge in [-0.25, -0.2) is 0 Å². The number of nitrogens with zero attached hydrogens (tertiary/aromatic N) is 4. The van der Waals surface area contributed by atoms with Crippen molar-refractivity contribution in [1.29, 1.82) is 0 Å². The fourth-order valence-corrected chi connectivity index (χ4v) is 2.50. The van der Waals surface area contributed by atoms with Gasteiger partial charge in [-0.3, -0.25) is 14.2 Å². The molecule has 130 valence electrons. The van der Waals surface area contributed by atoms with E-state index in [1.165, 1.54) is 4.68 Å². The van der Waals surface area contributed by atoms with Gasteiger partial charge < -0.3 is 5.32 Å². The SMILES string of the molecule is O=C(Cn1nc(C(F)(F)F)cc1C1CC1)NCCCn1cccn1. The van der Waals surface area contributed by atoms with Gasteiger partial charge in [0.05, 0.1) is 0 Å². The predicted octanol–water partition coefficient (Wildman–Crippen LogP) is 2.18. The highest BCUT2D eigenvalue weighted by atomic mass is 19.4. The average molecular weight is 341 g/mol. The summed E-state index contributed by atoms with van der Waals surface area (Å²) in [6.07, 6.45) is 1.38. The van der Waals surface area contributed by atoms with Crippen molar-refractivity contribution in [1.82, 2.24) is 24.9 Å². The van der Waals surface area contributed by atoms with Crippen molar-refractivity contribution in [3.63, 3.8) is 0 Å². The summed E-state index contributed by atoms with van der Waals surface area (Å²) in [6, 6.07) is 2.87. The molecule has 0 unspecified atom stereocenters. The number of carbonyl (C=O) groups is 1. The largest absolute Gasteiger partial charge is 0.435 e. The van der Waals surface area contributed by atoms with Crippen molar-refractivity contribution in [2.75, 3.05) is 6.54 Å². The van der Waals surface area contributed by atoms with Gasteiger partial charge in [0.25, 0.3) is 0 Å². The summed E-state index contributed by atoms with van der Waals surface area (Å²) < 4.78 is 41.3. The van der Waals surface area contributed by atoms with Crippen molar-refractivity contribution in [3.05, 3.63) is 35.9 Å². The first-order valence-corrected chi connectivity index (χ1v) is 7.82. The summed E-state index contributed by atoms with van der Waals surface area (Å²) in [5.74, 6) is -0.254. The Hall–Kier alpha value is -2.32. The number of nitrogens with one attached hydrogen (secondary N) is 1. The minimum atomic E-state index is -4.49. The fraction of sp³-hybridized carbons (Fsp3) is 0.533. The summed E-state index contributed by atoms with van der Waals surface area (Å²) in [5.41, 5.74) is -0.440. The third-order valence-corrected chi connectivity index (χ3v) is 3.84. The quantitative estimate of drug-likeness (QED) is 0.785. The van der Waals surface area contributed by atoms with E-state index in [4.69, 9.17) is 0 Å². The van der Waals surface area contributed by atoms with Gasteiger partial charge >= 0.3 is 6.18 Å². The number of aryl methyl sites for hydroxylation is 1. The van der Waals surface area contributed by atoms with E-state index in [0.29, 0.717) is 25.2 Å². The summed E-state index contributed by atoms with van der Waals surface area (Å²) in [4.78, 5) is 12.0. The van der Waals surface area contributed by atoms with Crippen LogP contribution in [0.2, 0.25) is 0 Å². The molecular formula is C15H18F3N5O. The van der Waals surface area contributed by atoms with E-state index in [1.54, 1.807) is 10.9 Å². The van der Waals surface area contributed by atoms with E-state index in [2.05, 4.69) is 15.5 Å². The molecule has 2 heterocycles. The molecule has 0 bridgehead atoms. The molecule has 1 N–H and O–H groups in total. The van der Waals surface area contributed by atoms with Gasteiger partial charge in [-0.15, -0.1) is 0 Å². The zero-order valence-corrected chi connectivity index (χ0v) is 13.0. The Bertz CT molecular complexity index is 689. The highest BCUT2D eigenvalue weighted by Gasteiger charge is 2.38. The molecule has 2 aromatic rings. The molecule has 0 aromatic carbocycles. The molecule has 0 aliphatic heterocycles. The lowest BCUT2D eigenvalue weighted by Crippen LogP contribution is -2.30. The Balaban J connectivity index is 1.53. The maximum Gasteiger partial charge on any atom is 0.435 e. The first kappa shape index (κ1) is 16.5. The lowest BCUT2D eigenvalue weighted by atomic mass is 10.2. The van der Waals surface area contributed by atoms with E-state index >= 15 is 0 Å². The molecule has 24 heavy (non-hydrogen) atoms. The normalized spacial score (nSPS) is 14.8. The number of carbonyl (C=O) groups excluding carboxylic acids is 1. The number of hydrogen-bond donors (Lipinski definition) is 1. The average Bonchev–Trinajstić information content (AvgIpc) is 3.05. The van der Waals surface area contributed by atoms with Gasteiger partial charge in [-0.2, -0.15) is 23.4 Å². The van der Waals surface area contributed by atoms with Crippen molar-refractivity contribution in [3.8, 4) is 0 Å². The number of amides is 1. The van der Waals surface area contributed by atoms with Crippen LogP contribution in [0.3, 0.4) is 0 Å². The summed E-state index contributed by atoms with van der Waals surface area (Å²) >= 11 is 0. The molecule has 1 fully saturated rings. The molecule has 0 atom stereocenters. The van der Waals surface area contributed by atoms with Crippen molar-refractivity contribution in [2.24, 2.45) is 0 Å². The first-order chi connectivity index (χ1) is 11.4. The van der Waals surface area contributed by atoms with Crippen molar-refractivity contribution >= 4 is 5.91 Å². The zero-order valence-electron chi connectivity index (χ0n) is 13.0. The van der Waals surface area contributed by atoms with Crippen LogP contribution in [0, 0.1) is 0 Å². The van der Waals surface area contributed by atoms with Gasteiger partial charge in [0.2, 0.25) is 5.91 Å². The molecule has 9 heteroatoms. The highest BCUT2D eigenvalue weighted by Crippen LogP contribution is 2.42. The molecule has 6 nitrogen and oxygen atoms in total. The zero-order chi connectivity index (χ0) is 17.2. The molecule has 0 radical (unpaired) electrons. The monoisotopic (exact) mass is 341 g/mol. The standard InChI is InChI=1S/C15H18F3N5O/c16-15(17,18)13-9-12(11-3-4-11)23(21-13)10-14(24)19-5-1-7-22-8-2-6-20-22/h2,6,8-9,11H,1,3-5,7,10H2,(H,19,24). The molecule has 1 amide bonds. The van der Waals surface area contributed by atoms with Gasteiger partial charge in [0.1, 0.15) is 6.54 Å². The maximum absolute atomic E-state index is 12.8. The van der Waals surface area contributed by atoms with Crippen LogP contribution in [0.25, 0.3) is 0 Å². The van der Waals surface area contributed by atoms with Gasteiger partial charge in [0.15, 0.2) is 5.69 Å². The van der Waals surface area contributed by atoms with E-state index < -0.39 is 11.9 Å². The highest BCUT2D eigenvalue weighted by molar-refractivity contribution is 5.75. The van der Waals surface area contributed by atoms with E-state index in [-0.39, 0.29) is 18.4 Å². The lowest BCUT2D eigenvalue weighted by molar-refractivity contribution is -0.141. The molecule has 0 spiro atoms. The molecule has 1 aliphatic rings. The molecule has 0 saturated heterocycles. The molecule has 2 aromatic heterocycles. The van der Waals surface area contributed by atoms with Gasteiger partial charge in [-0.05, 0) is 31.4 Å². The summed E-state index contributed by atoms with van der Waals surface area (Å²) in [7, 11) is 0. The van der Waals surface area contributed by atoms with Crippen LogP contribution < -0.4 is 5.32 Å². The lowest BCUT2D eigenvalue weighted by Gasteiger charge is -2.08. The minimum Gasteiger partial charge on any atom is -0.354 e. The molecule has 3 rings (SSSR count). The Kier molecular flexibility index (Phi) is 4.59. The summed E-state index contributed by atoms with van der Waals surface area (Å²) in [5, 5.41) is 10.3.